The van der Waals surface area contributed by atoms with E-state index >= 15 is 0 Å². The van der Waals surface area contributed by atoms with E-state index in [1.807, 2.05) is 20.8 Å². The maximum absolute atomic E-state index is 13.1. The number of nitrogens with one attached hydrogen (secondary N) is 1. The van der Waals surface area contributed by atoms with E-state index in [9.17, 15) is 14.4 Å². The molecular formula is C23H30N4O6. The van der Waals surface area contributed by atoms with Crippen LogP contribution in [-0.2, 0) is 9.47 Å². The van der Waals surface area contributed by atoms with Crippen LogP contribution >= 0.6 is 0 Å². The third kappa shape index (κ3) is 6.03. The number of rotatable bonds is 5. The van der Waals surface area contributed by atoms with Gasteiger partial charge in [-0.3, -0.25) is 4.79 Å². The largest absolute Gasteiger partial charge is 0.497 e. The Hall–Kier alpha value is -3.56. The zero-order valence-electron chi connectivity index (χ0n) is 19.6. The van der Waals surface area contributed by atoms with Gasteiger partial charge in [0.2, 0.25) is 0 Å². The van der Waals surface area contributed by atoms with Crippen LogP contribution in [0.3, 0.4) is 0 Å². The van der Waals surface area contributed by atoms with Gasteiger partial charge in [-0.1, -0.05) is 0 Å². The number of methoxy groups -OCH3 is 2. The lowest BCUT2D eigenvalue weighted by molar-refractivity contribution is 0.0199. The van der Waals surface area contributed by atoms with Crippen LogP contribution in [0.4, 0.5) is 4.79 Å². The molecule has 3 rings (SSSR count). The SMILES string of the molecule is COC(=O)c1cc(C(=O)NC2CCN(C(=O)OC(C)(C)C)CC2)n(-c2ccc(OC)cc2)n1. The number of piperidine rings is 1. The molecule has 1 aliphatic rings. The molecule has 0 atom stereocenters. The Morgan fingerprint density at radius 3 is 2.24 bits per heavy atom. The lowest BCUT2D eigenvalue weighted by atomic mass is 10.1. The number of carbonyl (C=O) groups excluding carboxylic acids is 3. The fourth-order valence-electron chi connectivity index (χ4n) is 3.46. The summed E-state index contributed by atoms with van der Waals surface area (Å²) in [5, 5.41) is 7.25. The molecule has 0 radical (unpaired) electrons. The summed E-state index contributed by atoms with van der Waals surface area (Å²) in [6, 6.07) is 8.23. The van der Waals surface area contributed by atoms with Gasteiger partial charge in [-0.05, 0) is 57.9 Å². The molecule has 0 aliphatic carbocycles. The molecule has 1 saturated heterocycles. The molecule has 33 heavy (non-hydrogen) atoms. The minimum atomic E-state index is -0.637. The maximum atomic E-state index is 13.1. The van der Waals surface area contributed by atoms with E-state index in [0.717, 1.165) is 0 Å². The molecule has 2 amide bonds. The van der Waals surface area contributed by atoms with Crippen molar-refractivity contribution >= 4 is 18.0 Å². The van der Waals surface area contributed by atoms with Crippen LogP contribution in [-0.4, -0.2) is 71.6 Å². The van der Waals surface area contributed by atoms with E-state index in [-0.39, 0.29) is 29.4 Å². The number of carbonyl (C=O) groups is 3. The van der Waals surface area contributed by atoms with Gasteiger partial charge in [-0.25, -0.2) is 14.3 Å². The summed E-state index contributed by atoms with van der Waals surface area (Å²) in [7, 11) is 2.82. The summed E-state index contributed by atoms with van der Waals surface area (Å²) in [6.07, 6.45) is 0.824. The topological polar surface area (TPSA) is 112 Å². The number of ether oxygens (including phenoxy) is 3. The van der Waals surface area contributed by atoms with Gasteiger partial charge < -0.3 is 24.4 Å². The van der Waals surface area contributed by atoms with Crippen LogP contribution in [0, 0.1) is 0 Å². The third-order valence-electron chi connectivity index (χ3n) is 5.14. The number of aromatic nitrogens is 2. The Labute approximate surface area is 192 Å². The fourth-order valence-corrected chi connectivity index (χ4v) is 3.46. The van der Waals surface area contributed by atoms with Gasteiger partial charge in [0, 0.05) is 25.2 Å². The third-order valence-corrected chi connectivity index (χ3v) is 5.14. The van der Waals surface area contributed by atoms with Gasteiger partial charge >= 0.3 is 12.1 Å². The highest BCUT2D eigenvalue weighted by Gasteiger charge is 2.29. The molecule has 1 N–H and O–H groups in total. The van der Waals surface area contributed by atoms with Crippen LogP contribution in [0.5, 0.6) is 5.75 Å². The monoisotopic (exact) mass is 458 g/mol. The zero-order valence-corrected chi connectivity index (χ0v) is 19.6. The molecule has 1 aromatic heterocycles. The highest BCUT2D eigenvalue weighted by molar-refractivity contribution is 5.96. The number of nitrogens with zero attached hydrogens (tertiary/aromatic N) is 3. The first-order valence-corrected chi connectivity index (χ1v) is 10.7. The van der Waals surface area contributed by atoms with E-state index in [1.54, 1.807) is 36.3 Å². The lowest BCUT2D eigenvalue weighted by Crippen LogP contribution is -2.48. The zero-order chi connectivity index (χ0) is 24.2. The Morgan fingerprint density at radius 1 is 1.06 bits per heavy atom. The van der Waals surface area contributed by atoms with Gasteiger partial charge in [-0.15, -0.1) is 0 Å². The average Bonchev–Trinajstić information content (AvgIpc) is 3.23. The molecule has 1 aliphatic heterocycles. The van der Waals surface area contributed by atoms with Crippen molar-refractivity contribution in [3.63, 3.8) is 0 Å². The van der Waals surface area contributed by atoms with Crippen molar-refractivity contribution < 1.29 is 28.6 Å². The minimum Gasteiger partial charge on any atom is -0.497 e. The van der Waals surface area contributed by atoms with Crippen molar-refractivity contribution in [2.45, 2.75) is 45.3 Å². The van der Waals surface area contributed by atoms with Crippen molar-refractivity contribution in [2.24, 2.45) is 0 Å². The number of benzene rings is 1. The molecular weight excluding hydrogens is 428 g/mol. The normalized spacial score (nSPS) is 14.5. The van der Waals surface area contributed by atoms with E-state index in [4.69, 9.17) is 14.2 Å². The van der Waals surface area contributed by atoms with Crippen LogP contribution in [0.15, 0.2) is 30.3 Å². The van der Waals surface area contributed by atoms with Gasteiger partial charge in [0.15, 0.2) is 5.69 Å². The maximum Gasteiger partial charge on any atom is 0.410 e. The smallest absolute Gasteiger partial charge is 0.410 e. The molecule has 0 unspecified atom stereocenters. The summed E-state index contributed by atoms with van der Waals surface area (Å²) in [5.74, 6) is -0.354. The Bertz CT molecular complexity index is 1000. The molecule has 1 aromatic carbocycles. The van der Waals surface area contributed by atoms with Crippen molar-refractivity contribution in [1.82, 2.24) is 20.0 Å². The molecule has 1 fully saturated rings. The van der Waals surface area contributed by atoms with Crippen LogP contribution in [0.1, 0.15) is 54.6 Å². The molecule has 10 heteroatoms. The van der Waals surface area contributed by atoms with Crippen LogP contribution in [0.25, 0.3) is 5.69 Å². The Kier molecular flexibility index (Phi) is 7.25. The highest BCUT2D eigenvalue weighted by Crippen LogP contribution is 2.19. The number of esters is 1. The van der Waals surface area contributed by atoms with E-state index in [1.165, 1.54) is 17.9 Å². The second-order valence-electron chi connectivity index (χ2n) is 8.73. The first kappa shape index (κ1) is 24.1. The van der Waals surface area contributed by atoms with Crippen molar-refractivity contribution in [3.05, 3.63) is 41.7 Å². The molecule has 178 valence electrons. The first-order valence-electron chi connectivity index (χ1n) is 10.7. The molecule has 2 aromatic rings. The second kappa shape index (κ2) is 9.93. The molecule has 0 saturated carbocycles. The Morgan fingerprint density at radius 2 is 1.70 bits per heavy atom. The number of likely N-dealkylation sites (tertiary alicyclic amines) is 1. The lowest BCUT2D eigenvalue weighted by Gasteiger charge is -2.33. The number of amides is 2. The molecule has 2 heterocycles. The van der Waals surface area contributed by atoms with Gasteiger partial charge in [0.1, 0.15) is 17.0 Å². The van der Waals surface area contributed by atoms with Crippen molar-refractivity contribution in [1.29, 1.82) is 0 Å². The van der Waals surface area contributed by atoms with Crippen LogP contribution < -0.4 is 10.1 Å². The van der Waals surface area contributed by atoms with E-state index < -0.39 is 11.6 Å². The summed E-state index contributed by atoms with van der Waals surface area (Å²) >= 11 is 0. The van der Waals surface area contributed by atoms with Crippen molar-refractivity contribution in [3.8, 4) is 11.4 Å². The predicted molar refractivity (Wildman–Crippen MR) is 120 cm³/mol. The van der Waals surface area contributed by atoms with E-state index in [2.05, 4.69) is 10.4 Å². The van der Waals surface area contributed by atoms with Gasteiger partial charge in [-0.2, -0.15) is 5.10 Å². The van der Waals surface area contributed by atoms with Crippen molar-refractivity contribution in [2.75, 3.05) is 27.3 Å². The van der Waals surface area contributed by atoms with Crippen LogP contribution in [0.2, 0.25) is 0 Å². The standard InChI is InChI=1S/C23H30N4O6/c1-23(2,3)33-22(30)26-12-10-15(11-13-26)24-20(28)19-14-18(21(29)32-5)25-27(19)16-6-8-17(31-4)9-7-16/h6-9,14-15H,10-13H2,1-5H3,(H,24,28). The molecule has 0 bridgehead atoms. The number of hydrogen-bond acceptors (Lipinski definition) is 7. The summed E-state index contributed by atoms with van der Waals surface area (Å²) in [6.45, 7) is 6.43. The summed E-state index contributed by atoms with van der Waals surface area (Å²) in [5.41, 5.74) is 0.267. The molecule has 10 nitrogen and oxygen atoms in total. The Balaban J connectivity index is 1.72. The predicted octanol–water partition coefficient (Wildman–Crippen LogP) is 2.80. The fraction of sp³-hybridized carbons (Fsp3) is 0.478. The van der Waals surface area contributed by atoms with E-state index in [0.29, 0.717) is 37.4 Å². The first-order chi connectivity index (χ1) is 15.6. The van der Waals surface area contributed by atoms with Gasteiger partial charge in [0.05, 0.1) is 19.9 Å². The molecule has 0 spiro atoms. The second-order valence-corrected chi connectivity index (χ2v) is 8.73. The summed E-state index contributed by atoms with van der Waals surface area (Å²) in [4.78, 5) is 39.0. The quantitative estimate of drug-likeness (QED) is 0.686. The minimum absolute atomic E-state index is 0.0261. The number of hydrogen-bond donors (Lipinski definition) is 1. The average molecular weight is 459 g/mol. The summed E-state index contributed by atoms with van der Waals surface area (Å²) < 4.78 is 16.8. The van der Waals surface area contributed by atoms with Gasteiger partial charge in [0.25, 0.3) is 5.91 Å². The highest BCUT2D eigenvalue weighted by atomic mass is 16.6.